The second-order valence-electron chi connectivity index (χ2n) is 9.94. The van der Waals surface area contributed by atoms with Gasteiger partial charge in [-0.15, -0.1) is 0 Å². The van der Waals surface area contributed by atoms with Gasteiger partial charge >= 0.3 is 0 Å². The summed E-state index contributed by atoms with van der Waals surface area (Å²) in [4.78, 5) is 28.3. The summed E-state index contributed by atoms with van der Waals surface area (Å²) in [7, 11) is -4.12. The van der Waals surface area contributed by atoms with Crippen molar-refractivity contribution in [2.45, 2.75) is 45.1 Å². The number of anilines is 1. The Morgan fingerprint density at radius 1 is 0.897 bits per heavy atom. The van der Waals surface area contributed by atoms with Crippen molar-refractivity contribution in [2.24, 2.45) is 5.92 Å². The lowest BCUT2D eigenvalue weighted by molar-refractivity contribution is -0.138. The van der Waals surface area contributed by atoms with Gasteiger partial charge in [0.25, 0.3) is 10.0 Å². The first kappa shape index (κ1) is 30.2. The molecule has 0 aromatic heterocycles. The van der Waals surface area contributed by atoms with Crippen LogP contribution in [0, 0.1) is 12.8 Å². The minimum absolute atomic E-state index is 0.0128. The van der Waals surface area contributed by atoms with Gasteiger partial charge in [-0.25, -0.2) is 8.42 Å². The van der Waals surface area contributed by atoms with Crippen molar-refractivity contribution < 1.29 is 18.0 Å². The molecule has 0 saturated heterocycles. The number of sulfonamides is 1. The molecule has 1 atom stereocenters. The van der Waals surface area contributed by atoms with Crippen molar-refractivity contribution in [1.82, 2.24) is 10.2 Å². The quantitative estimate of drug-likeness (QED) is 0.330. The minimum atomic E-state index is -4.12. The van der Waals surface area contributed by atoms with E-state index in [2.05, 4.69) is 5.32 Å². The Hall–Kier alpha value is -3.36. The standard InChI is InChI=1S/C30H36ClN3O4S/c1-22(2)20-32-30(36)24(4)33(19-18-25-8-6-5-7-9-25)29(35)21-34(27-14-10-23(3)11-15-27)39(37,38)28-16-12-26(31)13-17-28/h5-17,22,24H,18-21H2,1-4H3,(H,32,36)/t24-/m1/s1. The summed E-state index contributed by atoms with van der Waals surface area (Å²) in [5, 5.41) is 3.29. The van der Waals surface area contributed by atoms with Crippen molar-refractivity contribution in [2.75, 3.05) is 23.9 Å². The molecule has 0 aliphatic heterocycles. The van der Waals surface area contributed by atoms with E-state index in [0.717, 1.165) is 15.4 Å². The Balaban J connectivity index is 1.95. The van der Waals surface area contributed by atoms with Crippen molar-refractivity contribution in [3.8, 4) is 0 Å². The highest BCUT2D eigenvalue weighted by Gasteiger charge is 2.32. The van der Waals surface area contributed by atoms with Crippen LogP contribution in [-0.4, -0.2) is 50.8 Å². The number of aryl methyl sites for hydroxylation is 1. The zero-order chi connectivity index (χ0) is 28.6. The number of amides is 2. The molecule has 9 heteroatoms. The molecule has 39 heavy (non-hydrogen) atoms. The summed E-state index contributed by atoms with van der Waals surface area (Å²) in [5.74, 6) is -0.514. The number of nitrogens with one attached hydrogen (secondary N) is 1. The normalized spacial score (nSPS) is 12.2. The van der Waals surface area contributed by atoms with E-state index in [1.165, 1.54) is 29.2 Å². The molecular formula is C30H36ClN3O4S. The van der Waals surface area contributed by atoms with Crippen LogP contribution in [0.4, 0.5) is 5.69 Å². The van der Waals surface area contributed by atoms with Crippen LogP contribution >= 0.6 is 11.6 Å². The average molecular weight is 570 g/mol. The van der Waals surface area contributed by atoms with E-state index in [9.17, 15) is 18.0 Å². The van der Waals surface area contributed by atoms with E-state index in [0.29, 0.717) is 23.7 Å². The van der Waals surface area contributed by atoms with Gasteiger partial charge in [0.1, 0.15) is 12.6 Å². The summed E-state index contributed by atoms with van der Waals surface area (Å²) >= 11 is 5.99. The largest absolute Gasteiger partial charge is 0.354 e. The Bertz CT molecular complexity index is 1350. The van der Waals surface area contributed by atoms with Crippen LogP contribution in [0.2, 0.25) is 5.02 Å². The molecule has 0 aliphatic carbocycles. The molecule has 2 amide bonds. The molecule has 3 aromatic carbocycles. The van der Waals surface area contributed by atoms with E-state index < -0.39 is 28.5 Å². The number of benzene rings is 3. The SMILES string of the molecule is Cc1ccc(N(CC(=O)N(CCc2ccccc2)[C@H](C)C(=O)NCC(C)C)S(=O)(=O)c2ccc(Cl)cc2)cc1. The Morgan fingerprint density at radius 3 is 2.10 bits per heavy atom. The first-order valence-corrected chi connectivity index (χ1v) is 14.8. The molecule has 7 nitrogen and oxygen atoms in total. The number of carbonyl (C=O) groups excluding carboxylic acids is 2. The third kappa shape index (κ3) is 8.31. The van der Waals surface area contributed by atoms with Gasteiger partial charge in [0.15, 0.2) is 0 Å². The van der Waals surface area contributed by atoms with E-state index >= 15 is 0 Å². The molecule has 0 heterocycles. The fraction of sp³-hybridized carbons (Fsp3) is 0.333. The summed E-state index contributed by atoms with van der Waals surface area (Å²) in [5.41, 5.74) is 2.31. The first-order valence-electron chi connectivity index (χ1n) is 12.9. The fourth-order valence-corrected chi connectivity index (χ4v) is 5.54. The fourth-order valence-electron chi connectivity index (χ4n) is 4.00. The molecule has 1 N–H and O–H groups in total. The van der Waals surface area contributed by atoms with E-state index in [1.54, 1.807) is 31.2 Å². The minimum Gasteiger partial charge on any atom is -0.354 e. The van der Waals surface area contributed by atoms with Crippen molar-refractivity contribution in [3.63, 3.8) is 0 Å². The van der Waals surface area contributed by atoms with Gasteiger partial charge in [-0.2, -0.15) is 0 Å². The highest BCUT2D eigenvalue weighted by Crippen LogP contribution is 2.25. The third-order valence-electron chi connectivity index (χ3n) is 6.34. The van der Waals surface area contributed by atoms with E-state index in [4.69, 9.17) is 11.6 Å². The number of halogens is 1. The van der Waals surface area contributed by atoms with Gasteiger partial charge in [-0.3, -0.25) is 13.9 Å². The smallest absolute Gasteiger partial charge is 0.264 e. The maximum atomic E-state index is 13.9. The Kier molecular flexibility index (Phi) is 10.5. The van der Waals surface area contributed by atoms with Crippen LogP contribution in [-0.2, 0) is 26.0 Å². The van der Waals surface area contributed by atoms with Crippen LogP contribution in [0.3, 0.4) is 0 Å². The highest BCUT2D eigenvalue weighted by atomic mass is 35.5. The topological polar surface area (TPSA) is 86.8 Å². The van der Waals surface area contributed by atoms with Gasteiger partial charge in [-0.05, 0) is 68.1 Å². The lowest BCUT2D eigenvalue weighted by Crippen LogP contribution is -2.52. The van der Waals surface area contributed by atoms with Crippen molar-refractivity contribution >= 4 is 39.1 Å². The molecule has 0 spiro atoms. The Labute approximate surface area is 236 Å². The molecule has 0 radical (unpaired) electrons. The lowest BCUT2D eigenvalue weighted by atomic mass is 10.1. The first-order chi connectivity index (χ1) is 18.5. The molecular weight excluding hydrogens is 534 g/mol. The summed E-state index contributed by atoms with van der Waals surface area (Å²) in [6, 6.07) is 21.6. The number of nitrogens with zero attached hydrogens (tertiary/aromatic N) is 2. The molecule has 0 fully saturated rings. The maximum Gasteiger partial charge on any atom is 0.264 e. The van der Waals surface area contributed by atoms with Gasteiger partial charge in [0.2, 0.25) is 11.8 Å². The van der Waals surface area contributed by atoms with Gasteiger partial charge in [-0.1, -0.05) is 73.5 Å². The second kappa shape index (κ2) is 13.6. The molecule has 3 aromatic rings. The number of carbonyl (C=O) groups is 2. The van der Waals surface area contributed by atoms with Gasteiger partial charge < -0.3 is 10.2 Å². The van der Waals surface area contributed by atoms with Crippen LogP contribution < -0.4 is 9.62 Å². The number of hydrogen-bond acceptors (Lipinski definition) is 4. The van der Waals surface area contributed by atoms with E-state index in [1.807, 2.05) is 51.1 Å². The predicted octanol–water partition coefficient (Wildman–Crippen LogP) is 5.08. The van der Waals surface area contributed by atoms with Crippen LogP contribution in [0.1, 0.15) is 31.9 Å². The van der Waals surface area contributed by atoms with Crippen molar-refractivity contribution in [1.29, 1.82) is 0 Å². The zero-order valence-electron chi connectivity index (χ0n) is 22.8. The van der Waals surface area contributed by atoms with Crippen LogP contribution in [0.5, 0.6) is 0 Å². The molecule has 0 aliphatic rings. The van der Waals surface area contributed by atoms with Crippen molar-refractivity contribution in [3.05, 3.63) is 95.0 Å². The Morgan fingerprint density at radius 2 is 1.51 bits per heavy atom. The number of rotatable bonds is 12. The molecule has 3 rings (SSSR count). The second-order valence-corrected chi connectivity index (χ2v) is 12.2. The maximum absolute atomic E-state index is 13.9. The predicted molar refractivity (Wildman–Crippen MR) is 156 cm³/mol. The highest BCUT2D eigenvalue weighted by molar-refractivity contribution is 7.92. The van der Waals surface area contributed by atoms with E-state index in [-0.39, 0.29) is 23.3 Å². The average Bonchev–Trinajstić information content (AvgIpc) is 2.91. The lowest BCUT2D eigenvalue weighted by Gasteiger charge is -2.32. The number of hydrogen-bond donors (Lipinski definition) is 1. The molecule has 0 bridgehead atoms. The molecule has 208 valence electrons. The molecule has 0 saturated carbocycles. The van der Waals surface area contributed by atoms with Crippen LogP contribution in [0.15, 0.2) is 83.8 Å². The summed E-state index contributed by atoms with van der Waals surface area (Å²) < 4.78 is 28.7. The van der Waals surface area contributed by atoms with Gasteiger partial charge in [0.05, 0.1) is 10.6 Å². The summed E-state index contributed by atoms with van der Waals surface area (Å²) in [6.45, 7) is 7.81. The third-order valence-corrected chi connectivity index (χ3v) is 8.38. The molecule has 0 unspecified atom stereocenters. The monoisotopic (exact) mass is 569 g/mol. The van der Waals surface area contributed by atoms with Crippen LogP contribution in [0.25, 0.3) is 0 Å². The summed E-state index contributed by atoms with van der Waals surface area (Å²) in [6.07, 6.45) is 0.517. The zero-order valence-corrected chi connectivity index (χ0v) is 24.4. The van der Waals surface area contributed by atoms with Gasteiger partial charge in [0, 0.05) is 18.1 Å².